The van der Waals surface area contributed by atoms with Crippen LogP contribution in [0.4, 0.5) is 13.2 Å². The van der Waals surface area contributed by atoms with Crippen LogP contribution >= 0.6 is 0 Å². The molecule has 0 aromatic carbocycles. The average Bonchev–Trinajstić information content (AvgIpc) is 1.99. The van der Waals surface area contributed by atoms with Gasteiger partial charge in [-0.05, 0) is 19.9 Å². The number of nitrogens with two attached hydrogens (primary N) is 1. The van der Waals surface area contributed by atoms with E-state index in [-0.39, 0.29) is 5.69 Å². The first-order valence-electron chi connectivity index (χ1n) is 4.08. The highest BCUT2D eigenvalue weighted by molar-refractivity contribution is 5.17. The summed E-state index contributed by atoms with van der Waals surface area (Å²) >= 11 is 0. The van der Waals surface area contributed by atoms with Crippen molar-refractivity contribution >= 4 is 0 Å². The molecule has 0 saturated heterocycles. The summed E-state index contributed by atoms with van der Waals surface area (Å²) in [5, 5.41) is 0. The van der Waals surface area contributed by atoms with Crippen LogP contribution in [0, 0.1) is 0 Å². The maximum Gasteiger partial charge on any atom is 0.431 e. The van der Waals surface area contributed by atoms with E-state index in [1.54, 1.807) is 4.98 Å². The zero-order valence-electron chi connectivity index (χ0n) is 8.14. The molecule has 1 rings (SSSR count). The fourth-order valence-corrected chi connectivity index (χ4v) is 0.940. The lowest BCUT2D eigenvalue weighted by Gasteiger charge is -2.18. The molecule has 0 aliphatic carbocycles. The molecule has 0 unspecified atom stereocenters. The quantitative estimate of drug-likeness (QED) is 0.742. The summed E-state index contributed by atoms with van der Waals surface area (Å²) in [6.07, 6.45) is -4.61. The number of H-pyrrole nitrogens is 1. The second-order valence-corrected chi connectivity index (χ2v) is 3.70. The lowest BCUT2D eigenvalue weighted by Crippen LogP contribution is -2.34. The van der Waals surface area contributed by atoms with Gasteiger partial charge in [-0.15, -0.1) is 0 Å². The van der Waals surface area contributed by atoms with Crippen molar-refractivity contribution in [1.82, 2.24) is 9.97 Å². The molecule has 3 N–H and O–H groups in total. The van der Waals surface area contributed by atoms with Crippen molar-refractivity contribution in [3.63, 3.8) is 0 Å². The van der Waals surface area contributed by atoms with Gasteiger partial charge in [0.1, 0.15) is 5.69 Å². The van der Waals surface area contributed by atoms with Crippen molar-refractivity contribution in [3.05, 3.63) is 27.9 Å². The van der Waals surface area contributed by atoms with E-state index in [9.17, 15) is 18.0 Å². The minimum absolute atomic E-state index is 0.0985. The van der Waals surface area contributed by atoms with Gasteiger partial charge in [0.25, 0.3) is 0 Å². The minimum atomic E-state index is -4.61. The molecule has 0 aliphatic rings. The number of aromatic nitrogens is 2. The molecular weight excluding hydrogens is 211 g/mol. The molecule has 0 bridgehead atoms. The Bertz CT molecular complexity index is 381. The molecule has 0 radical (unpaired) electrons. The normalized spacial score (nSPS) is 12.9. The monoisotopic (exact) mass is 221 g/mol. The fourth-order valence-electron chi connectivity index (χ4n) is 0.940. The molecule has 0 spiro atoms. The molecule has 4 nitrogen and oxygen atoms in total. The number of halogens is 3. The predicted octanol–water partition coefficient (Wildman–Crippen LogP) is 0.983. The average molecular weight is 221 g/mol. The Morgan fingerprint density at radius 1 is 1.40 bits per heavy atom. The lowest BCUT2D eigenvalue weighted by molar-refractivity contribution is -0.141. The Balaban J connectivity index is 3.36. The van der Waals surface area contributed by atoms with Crippen molar-refractivity contribution in [1.29, 1.82) is 0 Å². The molecule has 1 aromatic heterocycles. The van der Waals surface area contributed by atoms with Gasteiger partial charge in [0.15, 0.2) is 0 Å². The van der Waals surface area contributed by atoms with Crippen LogP contribution in [0.25, 0.3) is 0 Å². The Morgan fingerprint density at radius 2 is 1.93 bits per heavy atom. The number of nitrogens with zero attached hydrogens (tertiary/aromatic N) is 1. The Morgan fingerprint density at radius 3 is 2.33 bits per heavy atom. The smallest absolute Gasteiger partial charge is 0.321 e. The van der Waals surface area contributed by atoms with Crippen LogP contribution in [0.15, 0.2) is 10.9 Å². The molecule has 15 heavy (non-hydrogen) atoms. The second kappa shape index (κ2) is 3.34. The molecule has 1 heterocycles. The number of hydrogen-bond acceptors (Lipinski definition) is 3. The molecule has 0 atom stereocenters. The van der Waals surface area contributed by atoms with Gasteiger partial charge in [-0.1, -0.05) is 0 Å². The number of nitrogens with one attached hydrogen (secondary N) is 1. The van der Waals surface area contributed by atoms with Gasteiger partial charge in [-0.2, -0.15) is 18.2 Å². The van der Waals surface area contributed by atoms with E-state index in [1.165, 1.54) is 13.8 Å². The first-order chi connectivity index (χ1) is 6.60. The highest BCUT2D eigenvalue weighted by Crippen LogP contribution is 2.28. The van der Waals surface area contributed by atoms with E-state index in [0.29, 0.717) is 0 Å². The van der Waals surface area contributed by atoms with Gasteiger partial charge in [0.05, 0.1) is 11.2 Å². The van der Waals surface area contributed by atoms with E-state index in [0.717, 1.165) is 6.07 Å². The van der Waals surface area contributed by atoms with Crippen molar-refractivity contribution in [3.8, 4) is 0 Å². The molecule has 84 valence electrons. The van der Waals surface area contributed by atoms with Gasteiger partial charge in [-0.3, -0.25) is 0 Å². The largest absolute Gasteiger partial charge is 0.431 e. The standard InChI is InChI=1S/C8H10F3N3O/c1-7(2,12)4-3-5(8(9,10)11)14-6(15)13-4/h3H,12H2,1-2H3,(H,13,14,15). The van der Waals surface area contributed by atoms with Crippen LogP contribution in [-0.2, 0) is 11.7 Å². The summed E-state index contributed by atoms with van der Waals surface area (Å²) in [6, 6.07) is 0.737. The summed E-state index contributed by atoms with van der Waals surface area (Å²) in [6.45, 7) is 2.93. The van der Waals surface area contributed by atoms with Gasteiger partial charge < -0.3 is 10.7 Å². The SMILES string of the molecule is CC(C)(N)c1cc(C(F)(F)F)[nH]c(=O)n1. The maximum atomic E-state index is 12.3. The first kappa shape index (κ1) is 11.7. The topological polar surface area (TPSA) is 71.8 Å². The summed E-state index contributed by atoms with van der Waals surface area (Å²) in [4.78, 5) is 15.9. The number of rotatable bonds is 1. The Labute approximate surface area is 83.3 Å². The fraction of sp³-hybridized carbons (Fsp3) is 0.500. The van der Waals surface area contributed by atoms with Gasteiger partial charge >= 0.3 is 11.9 Å². The second-order valence-electron chi connectivity index (χ2n) is 3.70. The minimum Gasteiger partial charge on any atom is -0.321 e. The summed E-state index contributed by atoms with van der Waals surface area (Å²) in [5.41, 5.74) is 2.17. The summed E-state index contributed by atoms with van der Waals surface area (Å²) in [5.74, 6) is 0. The van der Waals surface area contributed by atoms with Crippen LogP contribution in [0.2, 0.25) is 0 Å². The third-order valence-electron chi connectivity index (χ3n) is 1.71. The van der Waals surface area contributed by atoms with Crippen molar-refractivity contribution in [2.75, 3.05) is 0 Å². The molecule has 7 heteroatoms. The predicted molar refractivity (Wildman–Crippen MR) is 47.1 cm³/mol. The zero-order chi connectivity index (χ0) is 11.9. The molecule has 0 aliphatic heterocycles. The van der Waals surface area contributed by atoms with Crippen LogP contribution in [0.1, 0.15) is 25.2 Å². The first-order valence-corrected chi connectivity index (χ1v) is 4.08. The van der Waals surface area contributed by atoms with Crippen LogP contribution < -0.4 is 11.4 Å². The molecule has 1 aromatic rings. The molecule has 0 saturated carbocycles. The van der Waals surface area contributed by atoms with Crippen molar-refractivity contribution in [2.45, 2.75) is 25.6 Å². The third-order valence-corrected chi connectivity index (χ3v) is 1.71. The van der Waals surface area contributed by atoms with E-state index in [2.05, 4.69) is 4.98 Å². The van der Waals surface area contributed by atoms with E-state index < -0.39 is 23.1 Å². The number of alkyl halides is 3. The number of aromatic amines is 1. The van der Waals surface area contributed by atoms with Gasteiger partial charge in [-0.25, -0.2) is 4.79 Å². The Kier molecular flexibility index (Phi) is 2.60. The number of hydrogen-bond donors (Lipinski definition) is 2. The van der Waals surface area contributed by atoms with E-state index in [1.807, 2.05) is 0 Å². The highest BCUT2D eigenvalue weighted by Gasteiger charge is 2.33. The Hall–Kier alpha value is -1.37. The van der Waals surface area contributed by atoms with Gasteiger partial charge in [0.2, 0.25) is 0 Å². The van der Waals surface area contributed by atoms with E-state index in [4.69, 9.17) is 5.73 Å². The van der Waals surface area contributed by atoms with Crippen LogP contribution in [-0.4, -0.2) is 9.97 Å². The van der Waals surface area contributed by atoms with Gasteiger partial charge in [0, 0.05) is 0 Å². The van der Waals surface area contributed by atoms with Crippen molar-refractivity contribution < 1.29 is 13.2 Å². The lowest BCUT2D eigenvalue weighted by atomic mass is 10.0. The van der Waals surface area contributed by atoms with E-state index >= 15 is 0 Å². The summed E-state index contributed by atoms with van der Waals surface area (Å²) < 4.78 is 36.9. The third kappa shape index (κ3) is 2.79. The maximum absolute atomic E-state index is 12.3. The highest BCUT2D eigenvalue weighted by atomic mass is 19.4. The van der Waals surface area contributed by atoms with Crippen molar-refractivity contribution in [2.24, 2.45) is 5.73 Å². The van der Waals surface area contributed by atoms with Crippen LogP contribution in [0.5, 0.6) is 0 Å². The molecular formula is C8H10F3N3O. The molecule has 0 amide bonds. The molecule has 0 fully saturated rings. The van der Waals surface area contributed by atoms with Crippen LogP contribution in [0.3, 0.4) is 0 Å². The zero-order valence-corrected chi connectivity index (χ0v) is 8.14. The summed E-state index contributed by atoms with van der Waals surface area (Å²) in [7, 11) is 0.